The summed E-state index contributed by atoms with van der Waals surface area (Å²) >= 11 is 6.11. The molecular formula is C16H22ClNO. The molecule has 0 aromatic heterocycles. The molecular weight excluding hydrogens is 258 g/mol. The minimum absolute atomic E-state index is 0.493. The van der Waals surface area contributed by atoms with E-state index in [2.05, 4.69) is 30.0 Å². The Kier molecular flexibility index (Phi) is 3.72. The Morgan fingerprint density at radius 2 is 2.05 bits per heavy atom. The molecule has 0 bridgehead atoms. The van der Waals surface area contributed by atoms with Crippen molar-refractivity contribution in [3.05, 3.63) is 29.3 Å². The number of hydrogen-bond acceptors (Lipinski definition) is 2. The van der Waals surface area contributed by atoms with Gasteiger partial charge in [0.2, 0.25) is 0 Å². The summed E-state index contributed by atoms with van der Waals surface area (Å²) in [5, 5.41) is 0. The summed E-state index contributed by atoms with van der Waals surface area (Å²) in [4.78, 5) is 2.53. The Hall–Kier alpha value is -0.730. The number of aryl methyl sites for hydroxylation is 1. The van der Waals surface area contributed by atoms with Crippen molar-refractivity contribution in [3.63, 3.8) is 0 Å². The summed E-state index contributed by atoms with van der Waals surface area (Å²) in [6, 6.07) is 6.66. The minimum atomic E-state index is 0.493. The van der Waals surface area contributed by atoms with Crippen LogP contribution in [0.15, 0.2) is 18.2 Å². The van der Waals surface area contributed by atoms with Gasteiger partial charge in [0.25, 0.3) is 0 Å². The number of hydrogen-bond donors (Lipinski definition) is 0. The Labute approximate surface area is 120 Å². The van der Waals surface area contributed by atoms with Gasteiger partial charge < -0.3 is 9.64 Å². The van der Waals surface area contributed by atoms with Crippen LogP contribution >= 0.6 is 11.6 Å². The van der Waals surface area contributed by atoms with Crippen LogP contribution in [0.2, 0.25) is 0 Å². The molecule has 3 rings (SSSR count). The van der Waals surface area contributed by atoms with Gasteiger partial charge in [0, 0.05) is 37.9 Å². The second-order valence-corrected chi connectivity index (χ2v) is 6.32. The van der Waals surface area contributed by atoms with Crippen LogP contribution < -0.4 is 4.90 Å². The van der Waals surface area contributed by atoms with Crippen molar-refractivity contribution in [3.8, 4) is 0 Å². The van der Waals surface area contributed by atoms with Gasteiger partial charge in [-0.05, 0) is 43.2 Å². The minimum Gasteiger partial charge on any atom is -0.381 e. The highest BCUT2D eigenvalue weighted by atomic mass is 35.5. The topological polar surface area (TPSA) is 12.5 Å². The number of ether oxygens (including phenoxy) is 1. The van der Waals surface area contributed by atoms with Crippen molar-refractivity contribution in [1.82, 2.24) is 0 Å². The molecule has 2 saturated heterocycles. The van der Waals surface area contributed by atoms with Crippen LogP contribution in [0.3, 0.4) is 0 Å². The highest BCUT2D eigenvalue weighted by molar-refractivity contribution is 6.17. The van der Waals surface area contributed by atoms with Gasteiger partial charge >= 0.3 is 0 Å². The third-order valence-corrected chi connectivity index (χ3v) is 5.00. The van der Waals surface area contributed by atoms with E-state index >= 15 is 0 Å². The van der Waals surface area contributed by atoms with Gasteiger partial charge in [-0.2, -0.15) is 0 Å². The van der Waals surface area contributed by atoms with E-state index < -0.39 is 0 Å². The molecule has 1 aromatic carbocycles. The molecule has 2 heterocycles. The van der Waals surface area contributed by atoms with Gasteiger partial charge in [-0.1, -0.05) is 17.7 Å². The van der Waals surface area contributed by atoms with Gasteiger partial charge in [0.15, 0.2) is 0 Å². The lowest BCUT2D eigenvalue weighted by Gasteiger charge is -2.33. The van der Waals surface area contributed by atoms with Gasteiger partial charge in [-0.25, -0.2) is 0 Å². The van der Waals surface area contributed by atoms with Crippen molar-refractivity contribution < 1.29 is 4.74 Å². The zero-order valence-corrected chi connectivity index (χ0v) is 12.4. The number of nitrogens with zero attached hydrogens (tertiary/aromatic N) is 1. The summed E-state index contributed by atoms with van der Waals surface area (Å²) in [5.41, 5.74) is 4.39. The predicted molar refractivity (Wildman–Crippen MR) is 80.1 cm³/mol. The van der Waals surface area contributed by atoms with E-state index in [4.69, 9.17) is 16.3 Å². The molecule has 0 N–H and O–H groups in total. The average Bonchev–Trinajstić information content (AvgIpc) is 2.83. The van der Waals surface area contributed by atoms with Crippen molar-refractivity contribution in [1.29, 1.82) is 0 Å². The molecule has 0 saturated carbocycles. The van der Waals surface area contributed by atoms with E-state index in [1.165, 1.54) is 42.6 Å². The Bertz CT molecular complexity index is 454. The molecule has 0 radical (unpaired) electrons. The molecule has 2 aliphatic rings. The van der Waals surface area contributed by atoms with Crippen LogP contribution in [-0.4, -0.2) is 26.3 Å². The van der Waals surface area contributed by atoms with E-state index in [-0.39, 0.29) is 0 Å². The van der Waals surface area contributed by atoms with E-state index in [0.717, 1.165) is 19.8 Å². The summed E-state index contributed by atoms with van der Waals surface area (Å²) < 4.78 is 5.52. The average molecular weight is 280 g/mol. The standard InChI is InChI=1S/C16H22ClNO/c1-13-2-3-15(14(10-13)11-17)18-7-4-16(12-18)5-8-19-9-6-16/h2-3,10H,4-9,11-12H2,1H3. The van der Waals surface area contributed by atoms with E-state index in [0.29, 0.717) is 11.3 Å². The second-order valence-electron chi connectivity index (χ2n) is 6.05. The molecule has 0 aliphatic carbocycles. The SMILES string of the molecule is Cc1ccc(N2CCC3(CCOCC3)C2)c(CCl)c1. The monoisotopic (exact) mass is 279 g/mol. The normalized spacial score (nSPS) is 22.1. The van der Waals surface area contributed by atoms with Crippen molar-refractivity contribution >= 4 is 17.3 Å². The van der Waals surface area contributed by atoms with Crippen molar-refractivity contribution in [2.24, 2.45) is 5.41 Å². The zero-order chi connectivity index (χ0) is 13.3. The van der Waals surface area contributed by atoms with Crippen molar-refractivity contribution in [2.75, 3.05) is 31.2 Å². The number of halogens is 1. The third-order valence-electron chi connectivity index (χ3n) is 4.71. The number of rotatable bonds is 2. The van der Waals surface area contributed by atoms with Crippen LogP contribution in [0.5, 0.6) is 0 Å². The predicted octanol–water partition coefficient (Wildman–Crippen LogP) is 3.74. The molecule has 1 aromatic rings. The highest BCUT2D eigenvalue weighted by Gasteiger charge is 2.39. The van der Waals surface area contributed by atoms with Crippen LogP contribution in [-0.2, 0) is 10.6 Å². The first-order valence-electron chi connectivity index (χ1n) is 7.21. The summed E-state index contributed by atoms with van der Waals surface area (Å²) in [7, 11) is 0. The maximum absolute atomic E-state index is 6.11. The quantitative estimate of drug-likeness (QED) is 0.765. The fraction of sp³-hybridized carbons (Fsp3) is 0.625. The molecule has 0 unspecified atom stereocenters. The Morgan fingerprint density at radius 1 is 1.26 bits per heavy atom. The fourth-order valence-corrected chi connectivity index (χ4v) is 3.70. The van der Waals surface area contributed by atoms with Crippen LogP contribution in [0, 0.1) is 12.3 Å². The molecule has 2 aliphatic heterocycles. The van der Waals surface area contributed by atoms with E-state index in [1.54, 1.807) is 0 Å². The lowest BCUT2D eigenvalue weighted by Crippen LogP contribution is -2.33. The third kappa shape index (κ3) is 2.61. The summed E-state index contributed by atoms with van der Waals surface area (Å²) in [6.07, 6.45) is 3.73. The smallest absolute Gasteiger partial charge is 0.0494 e. The summed E-state index contributed by atoms with van der Waals surface area (Å²) in [6.45, 7) is 6.33. The number of alkyl halides is 1. The van der Waals surface area contributed by atoms with Crippen molar-refractivity contribution in [2.45, 2.75) is 32.1 Å². The highest BCUT2D eigenvalue weighted by Crippen LogP contribution is 2.42. The van der Waals surface area contributed by atoms with Gasteiger partial charge in [0.1, 0.15) is 0 Å². The number of anilines is 1. The first-order valence-corrected chi connectivity index (χ1v) is 7.74. The Morgan fingerprint density at radius 3 is 2.79 bits per heavy atom. The van der Waals surface area contributed by atoms with Crippen LogP contribution in [0.4, 0.5) is 5.69 Å². The van der Waals surface area contributed by atoms with Gasteiger partial charge in [-0.15, -0.1) is 11.6 Å². The maximum Gasteiger partial charge on any atom is 0.0494 e. The van der Waals surface area contributed by atoms with Gasteiger partial charge in [-0.3, -0.25) is 0 Å². The van der Waals surface area contributed by atoms with E-state index in [9.17, 15) is 0 Å². The molecule has 104 valence electrons. The molecule has 1 spiro atoms. The van der Waals surface area contributed by atoms with Crippen LogP contribution in [0.1, 0.15) is 30.4 Å². The molecule has 3 heteroatoms. The Balaban J connectivity index is 1.80. The largest absolute Gasteiger partial charge is 0.381 e. The molecule has 2 nitrogen and oxygen atoms in total. The molecule has 0 atom stereocenters. The first kappa shape index (κ1) is 13.3. The summed E-state index contributed by atoms with van der Waals surface area (Å²) in [5.74, 6) is 0.601. The number of benzene rings is 1. The molecule has 2 fully saturated rings. The van der Waals surface area contributed by atoms with Crippen LogP contribution in [0.25, 0.3) is 0 Å². The lowest BCUT2D eigenvalue weighted by molar-refractivity contribution is 0.0254. The zero-order valence-electron chi connectivity index (χ0n) is 11.6. The first-order chi connectivity index (χ1) is 9.22. The van der Waals surface area contributed by atoms with Gasteiger partial charge in [0.05, 0.1) is 0 Å². The molecule has 19 heavy (non-hydrogen) atoms. The molecule has 0 amide bonds. The maximum atomic E-state index is 6.11. The lowest BCUT2D eigenvalue weighted by atomic mass is 9.80. The fourth-order valence-electron chi connectivity index (χ4n) is 3.48. The van der Waals surface area contributed by atoms with E-state index in [1.807, 2.05) is 0 Å². The second kappa shape index (κ2) is 5.34.